The maximum atomic E-state index is 14.0. The summed E-state index contributed by atoms with van der Waals surface area (Å²) < 4.78 is 6.33. The number of aliphatic hydroxyl groups is 2. The van der Waals surface area contributed by atoms with Gasteiger partial charge in [0.15, 0.2) is 0 Å². The van der Waals surface area contributed by atoms with E-state index in [1.807, 2.05) is 9.80 Å². The van der Waals surface area contributed by atoms with Gasteiger partial charge in [-0.15, -0.1) is 0 Å². The summed E-state index contributed by atoms with van der Waals surface area (Å²) in [6.07, 6.45) is 11.6. The molecule has 2 heterocycles. The van der Waals surface area contributed by atoms with Crippen LogP contribution in [-0.4, -0.2) is 95.0 Å². The van der Waals surface area contributed by atoms with Crippen molar-refractivity contribution < 1.29 is 24.5 Å². The number of hydrogen-bond donors (Lipinski definition) is 3. The summed E-state index contributed by atoms with van der Waals surface area (Å²) in [5.41, 5.74) is 0. The molecule has 0 aromatic rings. The first-order chi connectivity index (χ1) is 18.4. The van der Waals surface area contributed by atoms with Gasteiger partial charge in [0.25, 0.3) is 0 Å². The summed E-state index contributed by atoms with van der Waals surface area (Å²) in [4.78, 5) is 29.9. The van der Waals surface area contributed by atoms with Crippen molar-refractivity contribution in [1.82, 2.24) is 15.1 Å². The topological polar surface area (TPSA) is 102 Å². The first-order valence-corrected chi connectivity index (χ1v) is 15.7. The highest BCUT2D eigenvalue weighted by molar-refractivity contribution is 5.80. The van der Waals surface area contributed by atoms with Gasteiger partial charge in [0.1, 0.15) is 0 Å². The second-order valence-corrected chi connectivity index (χ2v) is 13.1. The van der Waals surface area contributed by atoms with Gasteiger partial charge < -0.3 is 30.1 Å². The van der Waals surface area contributed by atoms with Crippen molar-refractivity contribution in [3.8, 4) is 0 Å². The number of nitrogens with zero attached hydrogens (tertiary/aromatic N) is 2. The molecule has 8 atom stereocenters. The van der Waals surface area contributed by atoms with Gasteiger partial charge in [-0.25, -0.2) is 0 Å². The Morgan fingerprint density at radius 1 is 0.868 bits per heavy atom. The van der Waals surface area contributed by atoms with Crippen LogP contribution in [0.15, 0.2) is 0 Å². The van der Waals surface area contributed by atoms with Crippen LogP contribution in [0.3, 0.4) is 0 Å². The zero-order valence-electron chi connectivity index (χ0n) is 23.4. The average molecular weight is 534 g/mol. The molecule has 0 aromatic heterocycles. The lowest BCUT2D eigenvalue weighted by atomic mass is 9.71. The summed E-state index contributed by atoms with van der Waals surface area (Å²) in [6.45, 7) is 5.40. The summed E-state index contributed by atoms with van der Waals surface area (Å²) >= 11 is 0. The third-order valence-corrected chi connectivity index (χ3v) is 10.4. The van der Waals surface area contributed by atoms with Gasteiger partial charge in [-0.1, -0.05) is 25.7 Å². The molecule has 3 saturated carbocycles. The Morgan fingerprint density at radius 2 is 1.68 bits per heavy atom. The van der Waals surface area contributed by atoms with E-state index in [0.29, 0.717) is 42.9 Å². The molecule has 3 aliphatic carbocycles. The fourth-order valence-electron chi connectivity index (χ4n) is 8.27. The zero-order valence-corrected chi connectivity index (χ0v) is 23.4. The minimum atomic E-state index is -0.861. The molecular weight excluding hydrogens is 482 g/mol. The van der Waals surface area contributed by atoms with E-state index in [1.54, 1.807) is 6.92 Å². The van der Waals surface area contributed by atoms with Crippen LogP contribution in [0.1, 0.15) is 90.4 Å². The fourth-order valence-corrected chi connectivity index (χ4v) is 8.27. The average Bonchev–Trinajstić information content (AvgIpc) is 2.92. The number of hydrogen-bond acceptors (Lipinski definition) is 6. The Hall–Kier alpha value is -1.22. The van der Waals surface area contributed by atoms with E-state index in [4.69, 9.17) is 4.74 Å². The number of piperidine rings is 2. The van der Waals surface area contributed by atoms with E-state index in [1.165, 1.54) is 44.9 Å². The number of nitrogens with one attached hydrogen (secondary N) is 1. The van der Waals surface area contributed by atoms with Crippen LogP contribution >= 0.6 is 0 Å². The lowest BCUT2D eigenvalue weighted by Crippen LogP contribution is -2.59. The highest BCUT2D eigenvalue weighted by Gasteiger charge is 2.46. The molecule has 0 spiro atoms. The predicted molar refractivity (Wildman–Crippen MR) is 145 cm³/mol. The van der Waals surface area contributed by atoms with Gasteiger partial charge in [0, 0.05) is 64.6 Å². The van der Waals surface area contributed by atoms with Gasteiger partial charge in [-0.05, 0) is 62.7 Å². The second-order valence-electron chi connectivity index (χ2n) is 13.1. The number of aliphatic hydroxyl groups excluding tert-OH is 2. The van der Waals surface area contributed by atoms with Crippen LogP contribution in [0.2, 0.25) is 0 Å². The smallest absolute Gasteiger partial charge is 0.230 e. The zero-order chi connectivity index (χ0) is 26.6. The molecule has 2 amide bonds. The van der Waals surface area contributed by atoms with Crippen LogP contribution in [0.4, 0.5) is 0 Å². The molecule has 2 saturated heterocycles. The quantitative estimate of drug-likeness (QED) is 0.485. The molecule has 5 aliphatic rings. The molecule has 0 aromatic carbocycles. The minimum Gasteiger partial charge on any atom is -0.393 e. The third kappa shape index (κ3) is 6.73. The molecule has 0 bridgehead atoms. The van der Waals surface area contributed by atoms with E-state index in [2.05, 4.69) is 5.32 Å². The lowest BCUT2D eigenvalue weighted by Gasteiger charge is -2.49. The van der Waals surface area contributed by atoms with E-state index in [0.717, 1.165) is 51.9 Å². The monoisotopic (exact) mass is 533 g/mol. The van der Waals surface area contributed by atoms with Crippen LogP contribution in [0.5, 0.6) is 0 Å². The third-order valence-electron chi connectivity index (χ3n) is 10.4. The predicted octanol–water partition coefficient (Wildman–Crippen LogP) is 2.70. The van der Waals surface area contributed by atoms with E-state index < -0.39 is 24.2 Å². The van der Waals surface area contributed by atoms with Gasteiger partial charge >= 0.3 is 0 Å². The lowest BCUT2D eigenvalue weighted by molar-refractivity contribution is -0.162. The largest absolute Gasteiger partial charge is 0.393 e. The molecule has 38 heavy (non-hydrogen) atoms. The van der Waals surface area contributed by atoms with Crippen molar-refractivity contribution >= 4 is 11.8 Å². The van der Waals surface area contributed by atoms with E-state index in [9.17, 15) is 19.8 Å². The van der Waals surface area contributed by atoms with Gasteiger partial charge in [0.2, 0.25) is 11.8 Å². The number of amides is 2. The van der Waals surface area contributed by atoms with Crippen molar-refractivity contribution in [3.05, 3.63) is 0 Å². The van der Waals surface area contributed by atoms with Crippen LogP contribution in [0, 0.1) is 23.7 Å². The minimum absolute atomic E-state index is 0.0150. The highest BCUT2D eigenvalue weighted by atomic mass is 16.5. The molecule has 2 aliphatic heterocycles. The number of rotatable bonds is 6. The van der Waals surface area contributed by atoms with E-state index >= 15 is 0 Å². The second kappa shape index (κ2) is 13.0. The summed E-state index contributed by atoms with van der Waals surface area (Å²) in [7, 11) is 0. The Labute approximate surface area is 228 Å². The van der Waals surface area contributed by atoms with E-state index in [-0.39, 0.29) is 18.2 Å². The standard InChI is InChI=1S/C30H51N3O5/c1-20(34)32-13-6-10-23(17-32)31-26-11-5-9-22-12-14-33(18-25(22)26)30(37)29-27(36)15-24(35)16-28(29)38-19-21-7-3-2-4-8-21/h21-29,31,35-36H,2-19H2,1H3/t22?,23-,24?,25?,26?,27?,28?,29?/m1/s1. The van der Waals surface area contributed by atoms with Gasteiger partial charge in [-0.2, -0.15) is 0 Å². The van der Waals surface area contributed by atoms with Crippen LogP contribution in [-0.2, 0) is 14.3 Å². The van der Waals surface area contributed by atoms with Gasteiger partial charge in [-0.3, -0.25) is 9.59 Å². The summed E-state index contributed by atoms with van der Waals surface area (Å²) in [5.74, 6) is 1.14. The van der Waals surface area contributed by atoms with Crippen molar-refractivity contribution in [2.75, 3.05) is 32.8 Å². The number of carbonyl (C=O) groups is 2. The Balaban J connectivity index is 1.22. The molecule has 3 N–H and O–H groups in total. The molecule has 8 heteroatoms. The molecule has 8 nitrogen and oxygen atoms in total. The maximum Gasteiger partial charge on any atom is 0.230 e. The van der Waals surface area contributed by atoms with Crippen LogP contribution < -0.4 is 5.32 Å². The molecular formula is C30H51N3O5. The van der Waals surface area contributed by atoms with Gasteiger partial charge in [0.05, 0.1) is 24.2 Å². The number of fused-ring (bicyclic) bond motifs is 1. The first-order valence-electron chi connectivity index (χ1n) is 15.7. The summed E-state index contributed by atoms with van der Waals surface area (Å²) in [6, 6.07) is 0.680. The van der Waals surface area contributed by atoms with Crippen molar-refractivity contribution in [1.29, 1.82) is 0 Å². The number of carbonyl (C=O) groups excluding carboxylic acids is 2. The fraction of sp³-hybridized carbons (Fsp3) is 0.933. The summed E-state index contributed by atoms with van der Waals surface area (Å²) in [5, 5.41) is 25.3. The Bertz CT molecular complexity index is 805. The molecule has 0 radical (unpaired) electrons. The molecule has 216 valence electrons. The van der Waals surface area contributed by atoms with Crippen molar-refractivity contribution in [3.63, 3.8) is 0 Å². The highest BCUT2D eigenvalue weighted by Crippen LogP contribution is 2.39. The number of ether oxygens (including phenoxy) is 1. The number of likely N-dealkylation sites (tertiary alicyclic amines) is 2. The first kappa shape index (κ1) is 28.3. The maximum absolute atomic E-state index is 14.0. The molecule has 5 rings (SSSR count). The normalized spacial score (nSPS) is 39.0. The molecule has 7 unspecified atom stereocenters. The van der Waals surface area contributed by atoms with Crippen molar-refractivity contribution in [2.24, 2.45) is 23.7 Å². The molecule has 5 fully saturated rings. The SMILES string of the molecule is CC(=O)N1CCC[C@@H](NC2CCCC3CCN(C(=O)C4C(O)CC(O)CC4OCC4CCCCC4)CC32)C1. The van der Waals surface area contributed by atoms with Crippen molar-refractivity contribution in [2.45, 2.75) is 121 Å². The van der Waals surface area contributed by atoms with Crippen LogP contribution in [0.25, 0.3) is 0 Å². The Morgan fingerprint density at radius 3 is 2.47 bits per heavy atom. The Kier molecular flexibility index (Phi) is 9.66.